The molecule has 2 atom stereocenters. The lowest BCUT2D eigenvalue weighted by atomic mass is 9.76. The van der Waals surface area contributed by atoms with Crippen molar-refractivity contribution in [3.63, 3.8) is 0 Å². The lowest BCUT2D eigenvalue weighted by Crippen LogP contribution is -2.46. The van der Waals surface area contributed by atoms with Crippen LogP contribution in [0.2, 0.25) is 5.02 Å². The van der Waals surface area contributed by atoms with Crippen molar-refractivity contribution in [3.8, 4) is 0 Å². The minimum Gasteiger partial charge on any atom is -0.398 e. The normalized spacial score (nSPS) is 29.1. The van der Waals surface area contributed by atoms with Crippen LogP contribution in [0.1, 0.15) is 33.3 Å². The van der Waals surface area contributed by atoms with Crippen LogP contribution in [-0.4, -0.2) is 22.7 Å². The molecule has 1 amide bonds. The molecule has 1 aromatic rings. The largest absolute Gasteiger partial charge is 0.398 e. The van der Waals surface area contributed by atoms with Gasteiger partial charge < -0.3 is 15.7 Å². The minimum atomic E-state index is -1.12. The Balaban J connectivity index is 2.61. The molecule has 1 aromatic carbocycles. The zero-order valence-electron chi connectivity index (χ0n) is 12.5. The van der Waals surface area contributed by atoms with Crippen LogP contribution in [0.3, 0.4) is 0 Å². The van der Waals surface area contributed by atoms with E-state index in [2.05, 4.69) is 0 Å². The van der Waals surface area contributed by atoms with Crippen LogP contribution in [0.15, 0.2) is 12.1 Å². The summed E-state index contributed by atoms with van der Waals surface area (Å²) >= 11 is 6.17. The fourth-order valence-corrected chi connectivity index (χ4v) is 2.90. The standard InChI is InChI=1S/C15H21ClN2O2/c1-8-11(7-6-10(17)12(8)16)18-9(2)15(5,20)14(3,4)13(18)19/h6-7,9,20H,17H2,1-5H3/t9-,15+/m0/s1. The number of halogens is 1. The van der Waals surface area contributed by atoms with Gasteiger partial charge in [0.2, 0.25) is 5.91 Å². The molecule has 110 valence electrons. The number of hydrogen-bond acceptors (Lipinski definition) is 3. The first-order valence-electron chi connectivity index (χ1n) is 6.64. The Morgan fingerprint density at radius 2 is 1.90 bits per heavy atom. The van der Waals surface area contributed by atoms with E-state index < -0.39 is 11.0 Å². The van der Waals surface area contributed by atoms with Gasteiger partial charge in [-0.2, -0.15) is 0 Å². The molecular weight excluding hydrogens is 276 g/mol. The molecule has 0 bridgehead atoms. The van der Waals surface area contributed by atoms with Crippen LogP contribution < -0.4 is 10.6 Å². The average Bonchev–Trinajstić information content (AvgIpc) is 2.48. The molecule has 1 fully saturated rings. The van der Waals surface area contributed by atoms with E-state index in [1.807, 2.05) is 13.8 Å². The summed E-state index contributed by atoms with van der Waals surface area (Å²) in [5, 5.41) is 11.1. The lowest BCUT2D eigenvalue weighted by molar-refractivity contribution is -0.131. The highest BCUT2D eigenvalue weighted by Gasteiger charge is 2.59. The fourth-order valence-electron chi connectivity index (χ4n) is 2.74. The number of rotatable bonds is 1. The van der Waals surface area contributed by atoms with Gasteiger partial charge in [-0.05, 0) is 52.3 Å². The average molecular weight is 297 g/mol. The van der Waals surface area contributed by atoms with Gasteiger partial charge in [-0.15, -0.1) is 0 Å². The number of carbonyl (C=O) groups is 1. The summed E-state index contributed by atoms with van der Waals surface area (Å²) in [4.78, 5) is 14.3. The molecule has 0 saturated carbocycles. The van der Waals surface area contributed by atoms with E-state index in [9.17, 15) is 9.90 Å². The number of benzene rings is 1. The Bertz CT molecular complexity index is 581. The molecule has 0 radical (unpaired) electrons. The van der Waals surface area contributed by atoms with Crippen molar-refractivity contribution in [2.24, 2.45) is 5.41 Å². The van der Waals surface area contributed by atoms with Crippen LogP contribution in [0, 0.1) is 12.3 Å². The number of carbonyl (C=O) groups excluding carboxylic acids is 1. The Kier molecular flexibility index (Phi) is 3.30. The summed E-state index contributed by atoms with van der Waals surface area (Å²) in [5.74, 6) is -0.112. The molecule has 2 rings (SSSR count). The summed E-state index contributed by atoms with van der Waals surface area (Å²) in [6.45, 7) is 8.90. The van der Waals surface area contributed by atoms with Gasteiger partial charge >= 0.3 is 0 Å². The third-order valence-corrected chi connectivity index (χ3v) is 5.37. The van der Waals surface area contributed by atoms with Crippen LogP contribution in [-0.2, 0) is 4.79 Å². The topological polar surface area (TPSA) is 66.6 Å². The molecule has 5 heteroatoms. The molecule has 20 heavy (non-hydrogen) atoms. The van der Waals surface area contributed by atoms with Gasteiger partial charge in [0.1, 0.15) is 0 Å². The van der Waals surface area contributed by atoms with Crippen molar-refractivity contribution < 1.29 is 9.90 Å². The second kappa shape index (κ2) is 4.37. The summed E-state index contributed by atoms with van der Waals surface area (Å²) in [6, 6.07) is 3.12. The molecule has 0 spiro atoms. The first kappa shape index (κ1) is 15.1. The minimum absolute atomic E-state index is 0.112. The zero-order valence-corrected chi connectivity index (χ0v) is 13.2. The maximum absolute atomic E-state index is 12.7. The number of nitrogens with two attached hydrogens (primary N) is 1. The Labute approximate surface area is 124 Å². The molecule has 0 unspecified atom stereocenters. The van der Waals surface area contributed by atoms with Crippen molar-refractivity contribution in [3.05, 3.63) is 22.7 Å². The van der Waals surface area contributed by atoms with Gasteiger partial charge in [-0.1, -0.05) is 11.6 Å². The van der Waals surface area contributed by atoms with Crippen molar-refractivity contribution >= 4 is 28.9 Å². The monoisotopic (exact) mass is 296 g/mol. The second-order valence-electron chi connectivity index (χ2n) is 6.24. The Morgan fingerprint density at radius 3 is 2.35 bits per heavy atom. The molecule has 0 aromatic heterocycles. The lowest BCUT2D eigenvalue weighted by Gasteiger charge is -2.33. The predicted octanol–water partition coefficient (Wildman–Crippen LogP) is 2.74. The number of amides is 1. The van der Waals surface area contributed by atoms with Crippen LogP contribution >= 0.6 is 11.6 Å². The van der Waals surface area contributed by atoms with E-state index in [0.717, 1.165) is 5.56 Å². The molecule has 1 aliphatic heterocycles. The predicted molar refractivity (Wildman–Crippen MR) is 82.0 cm³/mol. The summed E-state index contributed by atoms with van der Waals surface area (Å²) in [5.41, 5.74) is 5.74. The van der Waals surface area contributed by atoms with Gasteiger partial charge in [0.25, 0.3) is 0 Å². The van der Waals surface area contributed by atoms with E-state index in [1.165, 1.54) is 0 Å². The molecule has 1 aliphatic rings. The zero-order chi connectivity index (χ0) is 15.5. The third kappa shape index (κ3) is 1.75. The molecule has 0 aliphatic carbocycles. The highest BCUT2D eigenvalue weighted by molar-refractivity contribution is 6.34. The van der Waals surface area contributed by atoms with Crippen LogP contribution in [0.4, 0.5) is 11.4 Å². The summed E-state index contributed by atoms with van der Waals surface area (Å²) < 4.78 is 0. The van der Waals surface area contributed by atoms with E-state index in [1.54, 1.807) is 37.8 Å². The van der Waals surface area contributed by atoms with Gasteiger partial charge in [0.05, 0.1) is 27.8 Å². The highest BCUT2D eigenvalue weighted by Crippen LogP contribution is 2.47. The SMILES string of the molecule is Cc1c(N2C(=O)C(C)(C)[C@](C)(O)[C@@H]2C)ccc(N)c1Cl. The fraction of sp³-hybridized carbons (Fsp3) is 0.533. The van der Waals surface area contributed by atoms with Gasteiger partial charge in [0.15, 0.2) is 0 Å². The van der Waals surface area contributed by atoms with Gasteiger partial charge in [-0.25, -0.2) is 0 Å². The maximum Gasteiger partial charge on any atom is 0.235 e. The van der Waals surface area contributed by atoms with Crippen molar-refractivity contribution in [2.45, 2.75) is 46.3 Å². The molecular formula is C15H21ClN2O2. The number of anilines is 2. The van der Waals surface area contributed by atoms with Crippen molar-refractivity contribution in [1.82, 2.24) is 0 Å². The summed E-state index contributed by atoms with van der Waals surface area (Å²) in [6.07, 6.45) is 0. The molecule has 3 N–H and O–H groups in total. The number of aliphatic hydroxyl groups is 1. The van der Waals surface area contributed by atoms with E-state index in [4.69, 9.17) is 17.3 Å². The molecule has 1 saturated heterocycles. The van der Waals surface area contributed by atoms with Gasteiger partial charge in [0, 0.05) is 5.69 Å². The second-order valence-corrected chi connectivity index (χ2v) is 6.61. The first-order chi connectivity index (χ1) is 9.03. The van der Waals surface area contributed by atoms with E-state index in [0.29, 0.717) is 16.4 Å². The maximum atomic E-state index is 12.7. The van der Waals surface area contributed by atoms with Gasteiger partial charge in [-0.3, -0.25) is 4.79 Å². The Morgan fingerprint density at radius 1 is 1.35 bits per heavy atom. The third-order valence-electron chi connectivity index (χ3n) is 4.87. The van der Waals surface area contributed by atoms with E-state index >= 15 is 0 Å². The first-order valence-corrected chi connectivity index (χ1v) is 7.02. The molecule has 1 heterocycles. The smallest absolute Gasteiger partial charge is 0.235 e. The number of nitrogens with zero attached hydrogens (tertiary/aromatic N) is 1. The van der Waals surface area contributed by atoms with Crippen molar-refractivity contribution in [2.75, 3.05) is 10.6 Å². The van der Waals surface area contributed by atoms with Crippen molar-refractivity contribution in [1.29, 1.82) is 0 Å². The summed E-state index contributed by atoms with van der Waals surface area (Å²) in [7, 11) is 0. The highest BCUT2D eigenvalue weighted by atomic mass is 35.5. The number of nitrogen functional groups attached to an aromatic ring is 1. The quantitative estimate of drug-likeness (QED) is 0.783. The Hall–Kier alpha value is -1.26. The van der Waals surface area contributed by atoms with E-state index in [-0.39, 0.29) is 11.9 Å². The number of hydrogen-bond donors (Lipinski definition) is 2. The molecule has 4 nitrogen and oxygen atoms in total. The van der Waals surface area contributed by atoms with Crippen LogP contribution in [0.5, 0.6) is 0 Å². The van der Waals surface area contributed by atoms with Crippen LogP contribution in [0.25, 0.3) is 0 Å².